The summed E-state index contributed by atoms with van der Waals surface area (Å²) in [5, 5.41) is 5.12. The van der Waals surface area contributed by atoms with Gasteiger partial charge in [-0.15, -0.1) is 0 Å². The van der Waals surface area contributed by atoms with Crippen molar-refractivity contribution < 1.29 is 0 Å². The number of hydrogen-bond acceptors (Lipinski definition) is 2. The fourth-order valence-electron chi connectivity index (χ4n) is 4.52. The van der Waals surface area contributed by atoms with Gasteiger partial charge in [0.05, 0.1) is 22.2 Å². The van der Waals surface area contributed by atoms with Crippen molar-refractivity contribution in [3.05, 3.63) is 78.8 Å². The van der Waals surface area contributed by atoms with Crippen molar-refractivity contribution in [1.29, 1.82) is 0 Å². The topological polar surface area (TPSA) is 30.2 Å². The van der Waals surface area contributed by atoms with E-state index in [1.165, 1.54) is 38.1 Å². The lowest BCUT2D eigenvalue weighted by Crippen LogP contribution is -2.13. The molecule has 0 saturated carbocycles. The van der Waals surface area contributed by atoms with Gasteiger partial charge >= 0.3 is 0 Å². The van der Waals surface area contributed by atoms with E-state index in [4.69, 9.17) is 0 Å². The molecule has 0 fully saturated rings. The molecule has 0 amide bonds. The number of hydrogen-bond donors (Lipinski definition) is 0. The predicted molar refractivity (Wildman–Crippen MR) is 121 cm³/mol. The molecule has 3 nitrogen and oxygen atoms in total. The van der Waals surface area contributed by atoms with Gasteiger partial charge in [0, 0.05) is 38.2 Å². The molecule has 0 saturated heterocycles. The highest BCUT2D eigenvalue weighted by Crippen LogP contribution is 2.41. The molecule has 3 heterocycles. The van der Waals surface area contributed by atoms with E-state index in [9.17, 15) is 0 Å². The third kappa shape index (κ3) is 2.24. The number of aromatic nitrogens is 3. The van der Waals surface area contributed by atoms with Gasteiger partial charge in [-0.25, -0.2) is 9.97 Å². The third-order valence-electron chi connectivity index (χ3n) is 5.94. The quantitative estimate of drug-likeness (QED) is 0.324. The van der Waals surface area contributed by atoms with Crippen molar-refractivity contribution in [2.75, 3.05) is 0 Å². The van der Waals surface area contributed by atoms with Gasteiger partial charge in [-0.1, -0.05) is 57.2 Å². The summed E-state index contributed by atoms with van der Waals surface area (Å²) in [7, 11) is 0. The maximum atomic E-state index is 4.62. The first-order chi connectivity index (χ1) is 14.0. The highest BCUT2D eigenvalue weighted by Gasteiger charge is 2.20. The molecule has 0 aliphatic carbocycles. The summed E-state index contributed by atoms with van der Waals surface area (Å²) in [6, 6.07) is 24.0. The molecule has 140 valence electrons. The Labute approximate surface area is 169 Å². The van der Waals surface area contributed by atoms with Gasteiger partial charge in [-0.2, -0.15) is 0 Å². The second-order valence-corrected chi connectivity index (χ2v) is 8.83. The van der Waals surface area contributed by atoms with Gasteiger partial charge in [0.15, 0.2) is 0 Å². The second kappa shape index (κ2) is 5.54. The van der Waals surface area contributed by atoms with E-state index in [1.54, 1.807) is 6.33 Å². The SMILES string of the molecule is CC(C)(C)c1cc(-c2cc3c4ccccc4n4c5ccccc5c(c2)c34)ncn1. The largest absolute Gasteiger partial charge is 0.308 e. The first-order valence-electron chi connectivity index (χ1n) is 10.0. The van der Waals surface area contributed by atoms with Crippen LogP contribution in [0.4, 0.5) is 0 Å². The molecular weight excluding hydrogens is 354 g/mol. The van der Waals surface area contributed by atoms with E-state index in [2.05, 4.69) is 102 Å². The minimum Gasteiger partial charge on any atom is -0.308 e. The first kappa shape index (κ1) is 16.5. The highest BCUT2D eigenvalue weighted by molar-refractivity contribution is 6.24. The van der Waals surface area contributed by atoms with Crippen molar-refractivity contribution in [3.8, 4) is 11.3 Å². The molecule has 6 rings (SSSR count). The Kier molecular flexibility index (Phi) is 3.15. The minimum absolute atomic E-state index is 0.0127. The van der Waals surface area contributed by atoms with E-state index in [0.717, 1.165) is 17.0 Å². The first-order valence-corrected chi connectivity index (χ1v) is 10.0. The summed E-state index contributed by atoms with van der Waals surface area (Å²) >= 11 is 0. The number of para-hydroxylation sites is 2. The van der Waals surface area contributed by atoms with Crippen LogP contribution in [0.15, 0.2) is 73.1 Å². The van der Waals surface area contributed by atoms with Crippen LogP contribution >= 0.6 is 0 Å². The van der Waals surface area contributed by atoms with Crippen LogP contribution < -0.4 is 0 Å². The summed E-state index contributed by atoms with van der Waals surface area (Å²) in [5.74, 6) is 0. The summed E-state index contributed by atoms with van der Waals surface area (Å²) in [5.41, 5.74) is 6.96. The summed E-state index contributed by atoms with van der Waals surface area (Å²) < 4.78 is 2.40. The molecule has 0 bridgehead atoms. The Morgan fingerprint density at radius 3 is 1.86 bits per heavy atom. The molecular formula is C26H21N3. The van der Waals surface area contributed by atoms with E-state index >= 15 is 0 Å². The number of fused-ring (bicyclic) bond motifs is 6. The molecule has 0 atom stereocenters. The van der Waals surface area contributed by atoms with E-state index < -0.39 is 0 Å². The second-order valence-electron chi connectivity index (χ2n) is 8.83. The van der Waals surface area contributed by atoms with Crippen LogP contribution in [0.1, 0.15) is 26.5 Å². The van der Waals surface area contributed by atoms with Crippen LogP contribution in [-0.4, -0.2) is 14.4 Å². The van der Waals surface area contributed by atoms with E-state index in [0.29, 0.717) is 0 Å². The Balaban J connectivity index is 1.77. The molecule has 0 aliphatic heterocycles. The molecule has 29 heavy (non-hydrogen) atoms. The Hall–Kier alpha value is -3.46. The molecule has 3 aromatic carbocycles. The molecule has 6 aromatic rings. The third-order valence-corrected chi connectivity index (χ3v) is 5.94. The van der Waals surface area contributed by atoms with Crippen LogP contribution in [0.25, 0.3) is 49.4 Å². The van der Waals surface area contributed by atoms with Crippen molar-refractivity contribution in [1.82, 2.24) is 14.4 Å². The maximum absolute atomic E-state index is 4.62. The molecule has 0 spiro atoms. The van der Waals surface area contributed by atoms with Gasteiger partial charge in [0.2, 0.25) is 0 Å². The number of rotatable bonds is 1. The summed E-state index contributed by atoms with van der Waals surface area (Å²) in [6.07, 6.45) is 1.69. The molecule has 3 aromatic heterocycles. The summed E-state index contributed by atoms with van der Waals surface area (Å²) in [4.78, 5) is 9.14. The lowest BCUT2D eigenvalue weighted by atomic mass is 9.91. The van der Waals surface area contributed by atoms with Gasteiger partial charge in [0.25, 0.3) is 0 Å². The molecule has 0 radical (unpaired) electrons. The van der Waals surface area contributed by atoms with Gasteiger partial charge < -0.3 is 4.40 Å². The Bertz CT molecular complexity index is 1450. The van der Waals surface area contributed by atoms with Crippen LogP contribution in [-0.2, 0) is 5.41 Å². The number of nitrogens with zero attached hydrogens (tertiary/aromatic N) is 3. The van der Waals surface area contributed by atoms with Crippen LogP contribution in [0.5, 0.6) is 0 Å². The molecule has 3 heteroatoms. The van der Waals surface area contributed by atoms with Gasteiger partial charge in [-0.3, -0.25) is 0 Å². The average molecular weight is 375 g/mol. The minimum atomic E-state index is -0.0127. The normalized spacial score (nSPS) is 12.7. The van der Waals surface area contributed by atoms with Gasteiger partial charge in [0.1, 0.15) is 6.33 Å². The maximum Gasteiger partial charge on any atom is 0.116 e. The summed E-state index contributed by atoms with van der Waals surface area (Å²) in [6.45, 7) is 6.56. The van der Waals surface area contributed by atoms with E-state index in [1.807, 2.05) is 0 Å². The number of benzene rings is 3. The van der Waals surface area contributed by atoms with Crippen molar-refractivity contribution in [3.63, 3.8) is 0 Å². The van der Waals surface area contributed by atoms with Crippen molar-refractivity contribution in [2.24, 2.45) is 0 Å². The fraction of sp³-hybridized carbons (Fsp3) is 0.154. The standard InChI is InChI=1S/C26H21N3/c1-26(2,3)24-14-21(27-15-28-24)16-12-19-17-8-4-6-10-22(17)29-23-11-7-5-9-18(23)20(13-16)25(19)29/h4-15H,1-3H3. The van der Waals surface area contributed by atoms with Crippen molar-refractivity contribution >= 4 is 38.1 Å². The lowest BCUT2D eigenvalue weighted by Gasteiger charge is -2.17. The van der Waals surface area contributed by atoms with Crippen LogP contribution in [0.2, 0.25) is 0 Å². The molecule has 0 unspecified atom stereocenters. The average Bonchev–Trinajstić information content (AvgIpc) is 3.24. The smallest absolute Gasteiger partial charge is 0.116 e. The van der Waals surface area contributed by atoms with E-state index in [-0.39, 0.29) is 5.41 Å². The molecule has 0 aliphatic rings. The zero-order valence-electron chi connectivity index (χ0n) is 16.8. The van der Waals surface area contributed by atoms with Crippen molar-refractivity contribution in [2.45, 2.75) is 26.2 Å². The monoisotopic (exact) mass is 375 g/mol. The predicted octanol–water partition coefficient (Wildman–Crippen LogP) is 6.59. The lowest BCUT2D eigenvalue weighted by molar-refractivity contribution is 0.567. The van der Waals surface area contributed by atoms with Gasteiger partial charge in [-0.05, 0) is 30.3 Å². The van der Waals surface area contributed by atoms with Crippen LogP contribution in [0, 0.1) is 0 Å². The zero-order valence-corrected chi connectivity index (χ0v) is 16.8. The Morgan fingerprint density at radius 2 is 1.28 bits per heavy atom. The van der Waals surface area contributed by atoms with Crippen LogP contribution in [0.3, 0.4) is 0 Å². The Morgan fingerprint density at radius 1 is 0.690 bits per heavy atom. The fourth-order valence-corrected chi connectivity index (χ4v) is 4.52. The zero-order chi connectivity index (χ0) is 19.8. The highest BCUT2D eigenvalue weighted by atomic mass is 14.9. The molecule has 0 N–H and O–H groups in total.